The van der Waals surface area contributed by atoms with E-state index in [9.17, 15) is 4.79 Å². The monoisotopic (exact) mass is 244 g/mol. The number of rotatable bonds is 2. The number of thiophene rings is 2. The topological polar surface area (TPSA) is 37.3 Å². The molecule has 14 heavy (non-hydrogen) atoms. The summed E-state index contributed by atoms with van der Waals surface area (Å²) >= 11 is 8.48. The molecule has 72 valence electrons. The number of carboxylic acids is 1. The predicted octanol–water partition coefficient (Wildman–Crippen LogP) is 3.83. The summed E-state index contributed by atoms with van der Waals surface area (Å²) in [5.74, 6) is -0.887. The number of aromatic carboxylic acids is 1. The lowest BCUT2D eigenvalue weighted by Gasteiger charge is -1.87. The van der Waals surface area contributed by atoms with Gasteiger partial charge in [0.05, 0.1) is 4.34 Å². The van der Waals surface area contributed by atoms with E-state index in [1.165, 1.54) is 22.7 Å². The molecular weight excluding hydrogens is 240 g/mol. The first-order chi connectivity index (χ1) is 6.66. The van der Waals surface area contributed by atoms with Gasteiger partial charge in [0.1, 0.15) is 4.88 Å². The largest absolute Gasteiger partial charge is 0.477 e. The highest BCUT2D eigenvalue weighted by atomic mass is 35.5. The Balaban J connectivity index is 2.38. The average Bonchev–Trinajstić information content (AvgIpc) is 2.70. The van der Waals surface area contributed by atoms with Crippen LogP contribution >= 0.6 is 34.3 Å². The van der Waals surface area contributed by atoms with E-state index in [4.69, 9.17) is 16.7 Å². The molecule has 0 fully saturated rings. The van der Waals surface area contributed by atoms with E-state index >= 15 is 0 Å². The van der Waals surface area contributed by atoms with Crippen LogP contribution in [0.1, 0.15) is 9.67 Å². The zero-order valence-corrected chi connectivity index (χ0v) is 9.25. The second-order valence-electron chi connectivity index (χ2n) is 2.61. The molecule has 0 atom stereocenters. The third kappa shape index (κ3) is 1.82. The van der Waals surface area contributed by atoms with Crippen molar-refractivity contribution in [1.29, 1.82) is 0 Å². The maximum Gasteiger partial charge on any atom is 0.345 e. The van der Waals surface area contributed by atoms with E-state index in [0.717, 1.165) is 10.4 Å². The van der Waals surface area contributed by atoms with Crippen molar-refractivity contribution in [2.45, 2.75) is 0 Å². The number of carbonyl (C=O) groups is 1. The molecule has 0 spiro atoms. The number of carboxylic acid groups (broad SMARTS) is 1. The molecule has 0 unspecified atom stereocenters. The van der Waals surface area contributed by atoms with E-state index in [1.54, 1.807) is 12.1 Å². The molecule has 1 N–H and O–H groups in total. The Morgan fingerprint density at radius 3 is 2.71 bits per heavy atom. The number of halogens is 1. The van der Waals surface area contributed by atoms with Crippen LogP contribution in [-0.4, -0.2) is 11.1 Å². The van der Waals surface area contributed by atoms with E-state index in [0.29, 0.717) is 9.21 Å². The molecule has 2 aromatic heterocycles. The molecule has 5 heteroatoms. The minimum absolute atomic E-state index is 0.349. The Kier molecular flexibility index (Phi) is 2.58. The van der Waals surface area contributed by atoms with Crippen molar-refractivity contribution in [3.05, 3.63) is 32.8 Å². The molecule has 0 amide bonds. The van der Waals surface area contributed by atoms with Gasteiger partial charge >= 0.3 is 5.97 Å². The zero-order valence-electron chi connectivity index (χ0n) is 6.86. The van der Waals surface area contributed by atoms with E-state index in [-0.39, 0.29) is 0 Å². The van der Waals surface area contributed by atoms with Gasteiger partial charge in [0.25, 0.3) is 0 Å². The summed E-state index contributed by atoms with van der Waals surface area (Å²) in [6.45, 7) is 0. The molecule has 2 heterocycles. The Morgan fingerprint density at radius 1 is 1.43 bits per heavy atom. The lowest BCUT2D eigenvalue weighted by Crippen LogP contribution is -1.89. The van der Waals surface area contributed by atoms with Crippen molar-refractivity contribution in [2.75, 3.05) is 0 Å². The Labute approximate surface area is 93.4 Å². The fourth-order valence-corrected chi connectivity index (χ4v) is 2.83. The number of hydrogen-bond donors (Lipinski definition) is 1. The van der Waals surface area contributed by atoms with Gasteiger partial charge in [0, 0.05) is 15.8 Å². The summed E-state index contributed by atoms with van der Waals surface area (Å²) in [4.78, 5) is 11.9. The third-order valence-corrected chi connectivity index (χ3v) is 3.88. The van der Waals surface area contributed by atoms with Crippen molar-refractivity contribution in [3.8, 4) is 10.4 Å². The van der Waals surface area contributed by atoms with Crippen LogP contribution in [0.15, 0.2) is 23.6 Å². The fraction of sp³-hybridized carbons (Fsp3) is 0. The van der Waals surface area contributed by atoms with Crippen molar-refractivity contribution >= 4 is 40.2 Å². The van der Waals surface area contributed by atoms with Gasteiger partial charge in [-0.1, -0.05) is 11.6 Å². The summed E-state index contributed by atoms with van der Waals surface area (Å²) in [7, 11) is 0. The van der Waals surface area contributed by atoms with Crippen LogP contribution in [0.4, 0.5) is 0 Å². The summed E-state index contributed by atoms with van der Waals surface area (Å²) in [6.07, 6.45) is 0. The first-order valence-corrected chi connectivity index (χ1v) is 5.82. The molecular formula is C9H5ClO2S2. The molecule has 2 rings (SSSR count). The van der Waals surface area contributed by atoms with Gasteiger partial charge in [0.15, 0.2) is 0 Å². The van der Waals surface area contributed by atoms with E-state index in [2.05, 4.69) is 0 Å². The van der Waals surface area contributed by atoms with E-state index < -0.39 is 5.97 Å². The predicted molar refractivity (Wildman–Crippen MR) is 59.6 cm³/mol. The minimum Gasteiger partial charge on any atom is -0.477 e. The van der Waals surface area contributed by atoms with Crippen molar-refractivity contribution in [3.63, 3.8) is 0 Å². The molecule has 0 saturated heterocycles. The highest BCUT2D eigenvalue weighted by molar-refractivity contribution is 7.18. The Morgan fingerprint density at radius 2 is 2.21 bits per heavy atom. The normalized spacial score (nSPS) is 10.4. The molecule has 0 aliphatic rings. The molecule has 0 aliphatic carbocycles. The van der Waals surface area contributed by atoms with E-state index in [1.807, 2.05) is 11.4 Å². The molecule has 2 nitrogen and oxygen atoms in total. The van der Waals surface area contributed by atoms with Gasteiger partial charge in [-0.3, -0.25) is 0 Å². The van der Waals surface area contributed by atoms with Crippen molar-refractivity contribution < 1.29 is 9.90 Å². The van der Waals surface area contributed by atoms with Gasteiger partial charge in [-0.05, 0) is 18.2 Å². The lowest BCUT2D eigenvalue weighted by atomic mass is 10.3. The van der Waals surface area contributed by atoms with Gasteiger partial charge in [-0.25, -0.2) is 4.79 Å². The van der Waals surface area contributed by atoms with Crippen LogP contribution in [0, 0.1) is 0 Å². The Bertz CT molecular complexity index is 473. The second-order valence-corrected chi connectivity index (χ2v) is 5.23. The van der Waals surface area contributed by atoms with Crippen LogP contribution in [0.3, 0.4) is 0 Å². The van der Waals surface area contributed by atoms with Gasteiger partial charge in [0.2, 0.25) is 0 Å². The quantitative estimate of drug-likeness (QED) is 0.872. The summed E-state index contributed by atoms with van der Waals surface area (Å²) in [5.41, 5.74) is 0.984. The van der Waals surface area contributed by atoms with Crippen molar-refractivity contribution in [2.24, 2.45) is 0 Å². The molecule has 2 aromatic rings. The standard InChI is InChI=1S/C9H5ClO2S2/c10-8-3-5(4-13-8)6-1-2-7(14-6)9(11)12/h1-4H,(H,11,12). The fourth-order valence-electron chi connectivity index (χ4n) is 1.05. The summed E-state index contributed by atoms with van der Waals surface area (Å²) in [6, 6.07) is 5.24. The Hall–Kier alpha value is -0.840. The highest BCUT2D eigenvalue weighted by Gasteiger charge is 2.09. The molecule has 0 bridgehead atoms. The summed E-state index contributed by atoms with van der Waals surface area (Å²) < 4.78 is 0.713. The van der Waals surface area contributed by atoms with Crippen LogP contribution in [0.2, 0.25) is 4.34 Å². The van der Waals surface area contributed by atoms with Crippen LogP contribution < -0.4 is 0 Å². The molecule has 0 aromatic carbocycles. The van der Waals surface area contributed by atoms with Crippen LogP contribution in [0.25, 0.3) is 10.4 Å². The van der Waals surface area contributed by atoms with Crippen LogP contribution in [0.5, 0.6) is 0 Å². The SMILES string of the molecule is O=C(O)c1ccc(-c2csc(Cl)c2)s1. The molecule has 0 radical (unpaired) electrons. The first kappa shape index (κ1) is 9.71. The van der Waals surface area contributed by atoms with Crippen molar-refractivity contribution in [1.82, 2.24) is 0 Å². The first-order valence-electron chi connectivity index (χ1n) is 3.74. The van der Waals surface area contributed by atoms with Gasteiger partial charge < -0.3 is 5.11 Å². The zero-order chi connectivity index (χ0) is 10.1. The minimum atomic E-state index is -0.887. The molecule has 0 aliphatic heterocycles. The van der Waals surface area contributed by atoms with Gasteiger partial charge in [-0.2, -0.15) is 0 Å². The second kappa shape index (κ2) is 3.73. The van der Waals surface area contributed by atoms with Gasteiger partial charge in [-0.15, -0.1) is 22.7 Å². The summed E-state index contributed by atoms with van der Waals surface area (Å²) in [5, 5.41) is 10.7. The maximum atomic E-state index is 10.6. The average molecular weight is 245 g/mol. The maximum absolute atomic E-state index is 10.6. The smallest absolute Gasteiger partial charge is 0.345 e. The van der Waals surface area contributed by atoms with Crippen LogP contribution in [-0.2, 0) is 0 Å². The third-order valence-electron chi connectivity index (χ3n) is 1.67. The number of hydrogen-bond acceptors (Lipinski definition) is 3. The lowest BCUT2D eigenvalue weighted by molar-refractivity contribution is 0.0702. The highest BCUT2D eigenvalue weighted by Crippen LogP contribution is 2.33. The molecule has 0 saturated carbocycles.